The molecule has 2 aromatic rings. The van der Waals surface area contributed by atoms with Crippen LogP contribution in [0.15, 0.2) is 18.2 Å². The summed E-state index contributed by atoms with van der Waals surface area (Å²) in [5.41, 5.74) is 2.02. The molecule has 2 unspecified atom stereocenters. The van der Waals surface area contributed by atoms with Crippen molar-refractivity contribution in [2.75, 3.05) is 13.1 Å². The molecule has 1 aromatic heterocycles. The molecule has 4 nitrogen and oxygen atoms in total. The SMILES string of the molecule is CC1CCN(Cc2nc3cc(Cl)ccc3n2C)CC1O. The van der Waals surface area contributed by atoms with Gasteiger partial charge in [-0.3, -0.25) is 4.90 Å². The normalized spacial score (nSPS) is 24.4. The van der Waals surface area contributed by atoms with E-state index in [1.807, 2.05) is 25.2 Å². The van der Waals surface area contributed by atoms with Gasteiger partial charge in [0, 0.05) is 18.6 Å². The number of β-amino-alcohol motifs (C(OH)–C–C–N with tert-alkyl or cyclic N) is 1. The minimum Gasteiger partial charge on any atom is -0.392 e. The van der Waals surface area contributed by atoms with Gasteiger partial charge in [-0.15, -0.1) is 0 Å². The Morgan fingerprint density at radius 3 is 3.00 bits per heavy atom. The van der Waals surface area contributed by atoms with Crippen LogP contribution in [-0.4, -0.2) is 38.8 Å². The Bertz CT molecular complexity index is 625. The molecular weight excluding hydrogens is 274 g/mol. The Balaban J connectivity index is 1.82. The summed E-state index contributed by atoms with van der Waals surface area (Å²) in [7, 11) is 2.03. The van der Waals surface area contributed by atoms with Gasteiger partial charge in [-0.25, -0.2) is 4.98 Å². The molecule has 0 radical (unpaired) electrons. The number of likely N-dealkylation sites (tertiary alicyclic amines) is 1. The predicted molar refractivity (Wildman–Crippen MR) is 80.8 cm³/mol. The molecule has 2 atom stereocenters. The highest BCUT2D eigenvalue weighted by Crippen LogP contribution is 2.22. The van der Waals surface area contributed by atoms with Gasteiger partial charge in [0.1, 0.15) is 5.82 Å². The van der Waals surface area contributed by atoms with Crippen LogP contribution in [0.5, 0.6) is 0 Å². The van der Waals surface area contributed by atoms with Gasteiger partial charge in [-0.1, -0.05) is 18.5 Å². The Morgan fingerprint density at radius 1 is 1.45 bits per heavy atom. The van der Waals surface area contributed by atoms with Crippen LogP contribution in [0.2, 0.25) is 5.02 Å². The van der Waals surface area contributed by atoms with Crippen molar-refractivity contribution in [1.29, 1.82) is 0 Å². The zero-order valence-electron chi connectivity index (χ0n) is 11.9. The van der Waals surface area contributed by atoms with E-state index in [0.29, 0.717) is 10.9 Å². The maximum Gasteiger partial charge on any atom is 0.123 e. The predicted octanol–water partition coefficient (Wildman–Crippen LogP) is 2.43. The monoisotopic (exact) mass is 293 g/mol. The fraction of sp³-hybridized carbons (Fsp3) is 0.533. The van der Waals surface area contributed by atoms with E-state index in [4.69, 9.17) is 11.6 Å². The molecule has 2 heterocycles. The minimum absolute atomic E-state index is 0.229. The summed E-state index contributed by atoms with van der Waals surface area (Å²) in [5, 5.41) is 10.7. The second-order valence-corrected chi connectivity index (χ2v) is 6.22. The highest BCUT2D eigenvalue weighted by atomic mass is 35.5. The maximum absolute atomic E-state index is 9.99. The number of aryl methyl sites for hydroxylation is 1. The zero-order valence-corrected chi connectivity index (χ0v) is 12.6. The second-order valence-electron chi connectivity index (χ2n) is 5.79. The van der Waals surface area contributed by atoms with Crippen LogP contribution in [0.3, 0.4) is 0 Å². The lowest BCUT2D eigenvalue weighted by atomic mass is 9.96. The molecule has 108 valence electrons. The number of hydrogen-bond acceptors (Lipinski definition) is 3. The minimum atomic E-state index is -0.229. The molecule has 0 bridgehead atoms. The fourth-order valence-electron chi connectivity index (χ4n) is 2.82. The van der Waals surface area contributed by atoms with Gasteiger partial charge in [0.2, 0.25) is 0 Å². The number of aliphatic hydroxyl groups is 1. The van der Waals surface area contributed by atoms with Gasteiger partial charge in [0.05, 0.1) is 23.7 Å². The van der Waals surface area contributed by atoms with Crippen LogP contribution in [-0.2, 0) is 13.6 Å². The summed E-state index contributed by atoms with van der Waals surface area (Å²) in [6.45, 7) is 4.62. The van der Waals surface area contributed by atoms with Crippen molar-refractivity contribution in [2.24, 2.45) is 13.0 Å². The van der Waals surface area contributed by atoms with Crippen LogP contribution < -0.4 is 0 Å². The maximum atomic E-state index is 9.99. The summed E-state index contributed by atoms with van der Waals surface area (Å²) in [5.74, 6) is 1.41. The molecule has 3 rings (SSSR count). The van der Waals surface area contributed by atoms with E-state index in [-0.39, 0.29) is 6.10 Å². The van der Waals surface area contributed by atoms with Gasteiger partial charge in [0.25, 0.3) is 0 Å². The number of rotatable bonds is 2. The van der Waals surface area contributed by atoms with E-state index in [2.05, 4.69) is 21.4 Å². The molecule has 1 aliphatic heterocycles. The average Bonchev–Trinajstić information content (AvgIpc) is 2.70. The number of imidazole rings is 1. The first-order valence-corrected chi connectivity index (χ1v) is 7.43. The number of piperidine rings is 1. The number of aliphatic hydroxyl groups excluding tert-OH is 1. The van der Waals surface area contributed by atoms with Gasteiger partial charge < -0.3 is 9.67 Å². The van der Waals surface area contributed by atoms with Gasteiger partial charge in [0.15, 0.2) is 0 Å². The largest absolute Gasteiger partial charge is 0.392 e. The van der Waals surface area contributed by atoms with Crippen LogP contribution in [0.4, 0.5) is 0 Å². The number of halogens is 1. The first kappa shape index (κ1) is 13.9. The van der Waals surface area contributed by atoms with Gasteiger partial charge in [-0.05, 0) is 37.1 Å². The summed E-state index contributed by atoms with van der Waals surface area (Å²) in [4.78, 5) is 6.94. The standard InChI is InChI=1S/C15H20ClN3O/c1-10-5-6-19(8-14(10)20)9-15-17-12-7-11(16)3-4-13(12)18(15)2/h3-4,7,10,14,20H,5-6,8-9H2,1-2H3. The zero-order chi connectivity index (χ0) is 14.3. The summed E-state index contributed by atoms with van der Waals surface area (Å²) in [6, 6.07) is 5.79. The molecule has 0 saturated carbocycles. The molecule has 1 aromatic carbocycles. The quantitative estimate of drug-likeness (QED) is 0.924. The van der Waals surface area contributed by atoms with E-state index in [1.54, 1.807) is 0 Å². The summed E-state index contributed by atoms with van der Waals surface area (Å²) < 4.78 is 2.11. The molecule has 1 saturated heterocycles. The van der Waals surface area contributed by atoms with E-state index < -0.39 is 0 Å². The van der Waals surface area contributed by atoms with Crippen LogP contribution >= 0.6 is 11.6 Å². The third kappa shape index (κ3) is 2.55. The lowest BCUT2D eigenvalue weighted by Crippen LogP contribution is -2.42. The van der Waals surface area contributed by atoms with Crippen LogP contribution in [0.25, 0.3) is 11.0 Å². The van der Waals surface area contributed by atoms with E-state index in [1.165, 1.54) is 0 Å². The number of nitrogens with zero attached hydrogens (tertiary/aromatic N) is 3. The molecule has 0 amide bonds. The molecular formula is C15H20ClN3O. The van der Waals surface area contributed by atoms with Gasteiger partial charge in [-0.2, -0.15) is 0 Å². The van der Waals surface area contributed by atoms with Crippen molar-refractivity contribution in [1.82, 2.24) is 14.5 Å². The second kappa shape index (κ2) is 5.35. The first-order valence-electron chi connectivity index (χ1n) is 7.06. The van der Waals surface area contributed by atoms with Crippen molar-refractivity contribution in [3.8, 4) is 0 Å². The number of aromatic nitrogens is 2. The molecule has 1 N–H and O–H groups in total. The third-order valence-corrected chi connectivity index (χ3v) is 4.54. The highest BCUT2D eigenvalue weighted by molar-refractivity contribution is 6.31. The van der Waals surface area contributed by atoms with E-state index in [9.17, 15) is 5.11 Å². The van der Waals surface area contributed by atoms with Crippen LogP contribution in [0.1, 0.15) is 19.2 Å². The van der Waals surface area contributed by atoms with Crippen molar-refractivity contribution in [3.05, 3.63) is 29.0 Å². The number of benzene rings is 1. The van der Waals surface area contributed by atoms with E-state index in [0.717, 1.165) is 42.9 Å². The third-order valence-electron chi connectivity index (χ3n) is 4.30. The average molecular weight is 294 g/mol. The Labute approximate surface area is 124 Å². The molecule has 0 aliphatic carbocycles. The van der Waals surface area contributed by atoms with Crippen molar-refractivity contribution in [2.45, 2.75) is 26.0 Å². The van der Waals surface area contributed by atoms with Crippen molar-refractivity contribution in [3.63, 3.8) is 0 Å². The highest BCUT2D eigenvalue weighted by Gasteiger charge is 2.25. The Hall–Kier alpha value is -1.10. The number of hydrogen-bond donors (Lipinski definition) is 1. The topological polar surface area (TPSA) is 41.3 Å². The Kier molecular flexibility index (Phi) is 3.71. The van der Waals surface area contributed by atoms with E-state index >= 15 is 0 Å². The summed E-state index contributed by atoms with van der Waals surface area (Å²) in [6.07, 6.45) is 0.810. The fourth-order valence-corrected chi connectivity index (χ4v) is 2.99. The van der Waals surface area contributed by atoms with Crippen molar-refractivity contribution < 1.29 is 5.11 Å². The van der Waals surface area contributed by atoms with Crippen LogP contribution in [0, 0.1) is 5.92 Å². The van der Waals surface area contributed by atoms with Crippen molar-refractivity contribution >= 4 is 22.6 Å². The molecule has 20 heavy (non-hydrogen) atoms. The molecule has 1 fully saturated rings. The molecule has 1 aliphatic rings. The smallest absolute Gasteiger partial charge is 0.123 e. The summed E-state index contributed by atoms with van der Waals surface area (Å²) >= 11 is 6.01. The molecule has 0 spiro atoms. The number of fused-ring (bicyclic) bond motifs is 1. The first-order chi connectivity index (χ1) is 9.54. The van der Waals surface area contributed by atoms with Gasteiger partial charge >= 0.3 is 0 Å². The Morgan fingerprint density at radius 2 is 2.25 bits per heavy atom. The lowest BCUT2D eigenvalue weighted by Gasteiger charge is -2.33. The lowest BCUT2D eigenvalue weighted by molar-refractivity contribution is 0.0246. The molecule has 5 heteroatoms.